The van der Waals surface area contributed by atoms with Gasteiger partial charge in [-0.05, 0) is 60.7 Å². The fraction of sp³-hybridized carbons (Fsp3) is 0.320. The summed E-state index contributed by atoms with van der Waals surface area (Å²) in [5.41, 5.74) is 1.88. The minimum atomic E-state index is -0.444. The van der Waals surface area contributed by atoms with Crippen LogP contribution in [-0.4, -0.2) is 17.8 Å². The Morgan fingerprint density at radius 3 is 2.58 bits per heavy atom. The zero-order chi connectivity index (χ0) is 22.1. The molecule has 2 aromatic carbocycles. The second-order valence-corrected chi connectivity index (χ2v) is 7.75. The molecule has 6 heteroatoms. The molecule has 1 aliphatic carbocycles. The number of hydrogen-bond acceptors (Lipinski definition) is 4. The number of anilines is 1. The van der Waals surface area contributed by atoms with Crippen LogP contribution in [0.2, 0.25) is 0 Å². The normalized spacial score (nSPS) is 14.2. The summed E-state index contributed by atoms with van der Waals surface area (Å²) < 4.78 is 5.02. The van der Waals surface area contributed by atoms with Gasteiger partial charge in [0.05, 0.1) is 0 Å². The van der Waals surface area contributed by atoms with Gasteiger partial charge in [0.2, 0.25) is 5.91 Å². The van der Waals surface area contributed by atoms with Crippen LogP contribution in [-0.2, 0) is 16.1 Å². The van der Waals surface area contributed by atoms with E-state index in [0.717, 1.165) is 18.4 Å². The van der Waals surface area contributed by atoms with Gasteiger partial charge in [0.25, 0.3) is 5.91 Å². The summed E-state index contributed by atoms with van der Waals surface area (Å²) >= 11 is 0. The first-order valence-electron chi connectivity index (χ1n) is 10.6. The second-order valence-electron chi connectivity index (χ2n) is 7.75. The van der Waals surface area contributed by atoms with Gasteiger partial charge in [0.1, 0.15) is 5.75 Å². The van der Waals surface area contributed by atoms with Crippen molar-refractivity contribution in [2.75, 3.05) is 5.32 Å². The zero-order valence-corrected chi connectivity index (χ0v) is 17.7. The van der Waals surface area contributed by atoms with Crippen LogP contribution < -0.4 is 15.4 Å². The van der Waals surface area contributed by atoms with E-state index in [1.54, 1.807) is 30.3 Å². The molecular weight excluding hydrogens is 392 g/mol. The van der Waals surface area contributed by atoms with E-state index < -0.39 is 5.97 Å². The van der Waals surface area contributed by atoms with Crippen LogP contribution in [0.3, 0.4) is 0 Å². The Kier molecular flexibility index (Phi) is 7.98. The predicted octanol–water partition coefficient (Wildman–Crippen LogP) is 4.62. The Balaban J connectivity index is 1.53. The fourth-order valence-electron chi connectivity index (χ4n) is 3.63. The Morgan fingerprint density at radius 2 is 1.81 bits per heavy atom. The van der Waals surface area contributed by atoms with Crippen LogP contribution in [0, 0.1) is 5.92 Å². The molecule has 0 bridgehead atoms. The second kappa shape index (κ2) is 11.1. The third-order valence-corrected chi connectivity index (χ3v) is 5.18. The first kappa shape index (κ1) is 22.3. The van der Waals surface area contributed by atoms with Gasteiger partial charge >= 0.3 is 5.97 Å². The van der Waals surface area contributed by atoms with Crippen LogP contribution >= 0.6 is 0 Å². The van der Waals surface area contributed by atoms with E-state index >= 15 is 0 Å². The number of benzene rings is 2. The molecule has 1 aliphatic rings. The van der Waals surface area contributed by atoms with Crippen molar-refractivity contribution in [3.63, 3.8) is 0 Å². The molecule has 0 aliphatic heterocycles. The molecule has 2 aromatic rings. The van der Waals surface area contributed by atoms with Crippen molar-refractivity contribution in [3.05, 3.63) is 71.8 Å². The van der Waals surface area contributed by atoms with Crippen molar-refractivity contribution in [2.24, 2.45) is 5.92 Å². The number of ether oxygens (including phenoxy) is 1. The standard InChI is InChI=1S/C25H28N2O4/c1-18(28)31-23-12-6-10-21(16-23)25(30)27-22-11-5-9-20(15-22)17-26-24(29)14-13-19-7-3-2-4-8-19/h5-6,9-16,19H,2-4,7-8,17H2,1H3,(H,26,29)(H,27,30)/b14-13+. The predicted molar refractivity (Wildman–Crippen MR) is 120 cm³/mol. The molecule has 0 aromatic heterocycles. The summed E-state index contributed by atoms with van der Waals surface area (Å²) in [6, 6.07) is 13.7. The number of carbonyl (C=O) groups excluding carboxylic acids is 3. The lowest BCUT2D eigenvalue weighted by Gasteiger charge is -2.17. The third-order valence-electron chi connectivity index (χ3n) is 5.18. The van der Waals surface area contributed by atoms with Gasteiger partial charge in [0.15, 0.2) is 0 Å². The topological polar surface area (TPSA) is 84.5 Å². The van der Waals surface area contributed by atoms with E-state index in [1.807, 2.05) is 24.3 Å². The van der Waals surface area contributed by atoms with Gasteiger partial charge in [0, 0.05) is 24.7 Å². The maximum atomic E-state index is 12.5. The number of nitrogens with one attached hydrogen (secondary N) is 2. The quantitative estimate of drug-likeness (QED) is 0.389. The molecule has 31 heavy (non-hydrogen) atoms. The molecule has 0 unspecified atom stereocenters. The average molecular weight is 421 g/mol. The summed E-state index contributed by atoms with van der Waals surface area (Å²) in [6.45, 7) is 1.68. The molecule has 1 fully saturated rings. The van der Waals surface area contributed by atoms with E-state index in [1.165, 1.54) is 32.3 Å². The maximum Gasteiger partial charge on any atom is 0.308 e. The van der Waals surface area contributed by atoms with Gasteiger partial charge in [-0.1, -0.05) is 43.5 Å². The summed E-state index contributed by atoms with van der Waals surface area (Å²) in [5, 5.41) is 5.72. The number of esters is 1. The van der Waals surface area contributed by atoms with Gasteiger partial charge in [-0.15, -0.1) is 0 Å². The van der Waals surface area contributed by atoms with Crippen LogP contribution in [0.4, 0.5) is 5.69 Å². The molecule has 1 saturated carbocycles. The van der Waals surface area contributed by atoms with E-state index in [0.29, 0.717) is 29.5 Å². The van der Waals surface area contributed by atoms with E-state index in [4.69, 9.17) is 4.74 Å². The summed E-state index contributed by atoms with van der Waals surface area (Å²) in [7, 11) is 0. The Labute approximate surface area is 182 Å². The molecule has 162 valence electrons. The van der Waals surface area contributed by atoms with E-state index in [2.05, 4.69) is 10.6 Å². The van der Waals surface area contributed by atoms with Crippen molar-refractivity contribution in [1.82, 2.24) is 5.32 Å². The highest BCUT2D eigenvalue weighted by molar-refractivity contribution is 6.04. The van der Waals surface area contributed by atoms with Crippen LogP contribution in [0.5, 0.6) is 5.75 Å². The van der Waals surface area contributed by atoms with Crippen molar-refractivity contribution < 1.29 is 19.1 Å². The van der Waals surface area contributed by atoms with Gasteiger partial charge in [-0.25, -0.2) is 0 Å². The number of carbonyl (C=O) groups is 3. The van der Waals surface area contributed by atoms with Crippen molar-refractivity contribution in [3.8, 4) is 5.75 Å². The number of allylic oxidation sites excluding steroid dienone is 1. The fourth-order valence-corrected chi connectivity index (χ4v) is 3.63. The molecule has 0 atom stereocenters. The monoisotopic (exact) mass is 420 g/mol. The van der Waals surface area contributed by atoms with Gasteiger partial charge < -0.3 is 15.4 Å². The lowest BCUT2D eigenvalue weighted by molar-refractivity contribution is -0.131. The molecule has 2 amide bonds. The molecule has 0 heterocycles. The first-order valence-corrected chi connectivity index (χ1v) is 10.6. The highest BCUT2D eigenvalue weighted by Crippen LogP contribution is 2.24. The third kappa shape index (κ3) is 7.41. The summed E-state index contributed by atoms with van der Waals surface area (Å²) in [4.78, 5) is 35.7. The number of hydrogen-bond donors (Lipinski definition) is 2. The number of rotatable bonds is 7. The van der Waals surface area contributed by atoms with E-state index in [-0.39, 0.29) is 11.8 Å². The largest absolute Gasteiger partial charge is 0.427 e. The summed E-state index contributed by atoms with van der Waals surface area (Å²) in [5.74, 6) is -0.0379. The highest BCUT2D eigenvalue weighted by Gasteiger charge is 2.11. The Morgan fingerprint density at radius 1 is 1.03 bits per heavy atom. The van der Waals surface area contributed by atoms with Crippen LogP contribution in [0.15, 0.2) is 60.7 Å². The average Bonchev–Trinajstić information content (AvgIpc) is 2.77. The lowest BCUT2D eigenvalue weighted by atomic mass is 9.89. The molecule has 6 nitrogen and oxygen atoms in total. The Bertz CT molecular complexity index is 961. The van der Waals surface area contributed by atoms with E-state index in [9.17, 15) is 14.4 Å². The molecule has 0 saturated heterocycles. The van der Waals surface area contributed by atoms with Crippen LogP contribution in [0.25, 0.3) is 0 Å². The highest BCUT2D eigenvalue weighted by atomic mass is 16.5. The minimum Gasteiger partial charge on any atom is -0.427 e. The smallest absolute Gasteiger partial charge is 0.308 e. The molecular formula is C25H28N2O4. The maximum absolute atomic E-state index is 12.5. The molecule has 0 spiro atoms. The number of amides is 2. The Hall–Kier alpha value is -3.41. The molecule has 0 radical (unpaired) electrons. The minimum absolute atomic E-state index is 0.109. The zero-order valence-electron chi connectivity index (χ0n) is 17.7. The summed E-state index contributed by atoms with van der Waals surface area (Å²) in [6.07, 6.45) is 9.75. The van der Waals surface area contributed by atoms with Crippen molar-refractivity contribution >= 4 is 23.5 Å². The first-order chi connectivity index (χ1) is 15.0. The van der Waals surface area contributed by atoms with Gasteiger partial charge in [-0.2, -0.15) is 0 Å². The van der Waals surface area contributed by atoms with Gasteiger partial charge in [-0.3, -0.25) is 14.4 Å². The molecule has 3 rings (SSSR count). The van der Waals surface area contributed by atoms with Crippen molar-refractivity contribution in [1.29, 1.82) is 0 Å². The van der Waals surface area contributed by atoms with Crippen molar-refractivity contribution in [2.45, 2.75) is 45.6 Å². The lowest BCUT2D eigenvalue weighted by Crippen LogP contribution is -2.21. The van der Waals surface area contributed by atoms with Crippen LogP contribution in [0.1, 0.15) is 54.9 Å². The SMILES string of the molecule is CC(=O)Oc1cccc(C(=O)Nc2cccc(CNC(=O)/C=C/C3CCCCC3)c2)c1. The molecule has 2 N–H and O–H groups in total.